The Morgan fingerprint density at radius 1 is 1.29 bits per heavy atom. The fraction of sp³-hybridized carbons (Fsp3) is 0.500. The third-order valence-corrected chi connectivity index (χ3v) is 4.24. The monoisotopic (exact) mass is 350 g/mol. The van der Waals surface area contributed by atoms with Crippen LogP contribution in [0.5, 0.6) is 0 Å². The number of hydrogen-bond donors (Lipinski definition) is 3. The Morgan fingerprint density at radius 2 is 2.04 bits per heavy atom. The molecule has 1 aromatic heterocycles. The first-order chi connectivity index (χ1) is 11.8. The van der Waals surface area contributed by atoms with Gasteiger partial charge in [0.1, 0.15) is 5.82 Å². The summed E-state index contributed by atoms with van der Waals surface area (Å²) in [4.78, 5) is 6.83. The van der Waals surface area contributed by atoms with Gasteiger partial charge in [-0.3, -0.25) is 5.10 Å². The molecule has 1 aliphatic heterocycles. The third-order valence-electron chi connectivity index (χ3n) is 3.98. The zero-order valence-electron chi connectivity index (χ0n) is 13.8. The summed E-state index contributed by atoms with van der Waals surface area (Å²) >= 11 is 5.96. The van der Waals surface area contributed by atoms with Gasteiger partial charge < -0.3 is 20.3 Å². The van der Waals surface area contributed by atoms with E-state index in [0.29, 0.717) is 0 Å². The van der Waals surface area contributed by atoms with Gasteiger partial charge in [-0.05, 0) is 44.3 Å². The molecule has 0 bridgehead atoms. The van der Waals surface area contributed by atoms with Gasteiger partial charge in [0.2, 0.25) is 5.95 Å². The maximum absolute atomic E-state index is 5.96. The van der Waals surface area contributed by atoms with Crippen LogP contribution in [0.3, 0.4) is 0 Å². The lowest BCUT2D eigenvalue weighted by Crippen LogP contribution is -2.36. The van der Waals surface area contributed by atoms with Crippen LogP contribution in [-0.4, -0.2) is 55.1 Å². The number of anilines is 2. The maximum atomic E-state index is 5.96. The summed E-state index contributed by atoms with van der Waals surface area (Å²) in [6.07, 6.45) is 0.886. The Kier molecular flexibility index (Phi) is 5.90. The number of H-pyrrole nitrogens is 1. The Morgan fingerprint density at radius 3 is 2.75 bits per heavy atom. The van der Waals surface area contributed by atoms with E-state index in [1.54, 1.807) is 0 Å². The highest BCUT2D eigenvalue weighted by atomic mass is 35.5. The molecule has 0 saturated carbocycles. The third kappa shape index (κ3) is 4.37. The number of benzene rings is 1. The first-order valence-corrected chi connectivity index (χ1v) is 8.56. The molecule has 8 heteroatoms. The van der Waals surface area contributed by atoms with Crippen LogP contribution in [0.1, 0.15) is 18.3 Å². The van der Waals surface area contributed by atoms with E-state index >= 15 is 0 Å². The summed E-state index contributed by atoms with van der Waals surface area (Å²) in [5, 5.41) is 14.9. The van der Waals surface area contributed by atoms with E-state index in [9.17, 15) is 0 Å². The number of aromatic nitrogens is 3. The van der Waals surface area contributed by atoms with Crippen LogP contribution in [0, 0.1) is 0 Å². The molecule has 3 rings (SSSR count). The molecular formula is C16H23ClN6O. The van der Waals surface area contributed by atoms with Crippen molar-refractivity contribution in [2.75, 3.05) is 50.1 Å². The summed E-state index contributed by atoms with van der Waals surface area (Å²) in [5.74, 6) is 1.57. The van der Waals surface area contributed by atoms with Crippen LogP contribution in [0.2, 0.25) is 5.02 Å². The van der Waals surface area contributed by atoms with E-state index in [0.717, 1.165) is 61.8 Å². The van der Waals surface area contributed by atoms with Gasteiger partial charge in [0.25, 0.3) is 0 Å². The molecule has 2 heterocycles. The summed E-state index contributed by atoms with van der Waals surface area (Å²) < 4.78 is 5.38. The summed E-state index contributed by atoms with van der Waals surface area (Å²) in [7, 11) is 1.94. The van der Waals surface area contributed by atoms with Crippen molar-refractivity contribution in [3.63, 3.8) is 0 Å². The quantitative estimate of drug-likeness (QED) is 0.709. The number of nitrogens with one attached hydrogen (secondary N) is 3. The molecule has 1 aliphatic rings. The molecule has 1 atom stereocenters. The second-order valence-electron chi connectivity index (χ2n) is 5.72. The molecule has 130 valence electrons. The Hall–Kier alpha value is -1.83. The average Bonchev–Trinajstić information content (AvgIpc) is 3.11. The van der Waals surface area contributed by atoms with Crippen LogP contribution < -0.4 is 15.5 Å². The fourth-order valence-electron chi connectivity index (χ4n) is 2.64. The highest BCUT2D eigenvalue weighted by Gasteiger charge is 2.20. The van der Waals surface area contributed by atoms with Gasteiger partial charge in [-0.2, -0.15) is 4.98 Å². The Balaban J connectivity index is 1.72. The van der Waals surface area contributed by atoms with Crippen LogP contribution in [-0.2, 0) is 4.74 Å². The number of aromatic amines is 1. The number of hydrogen-bond acceptors (Lipinski definition) is 6. The number of morpholine rings is 1. The van der Waals surface area contributed by atoms with Crippen molar-refractivity contribution >= 4 is 23.2 Å². The van der Waals surface area contributed by atoms with E-state index in [1.165, 1.54) is 0 Å². The average molecular weight is 351 g/mol. The van der Waals surface area contributed by atoms with Crippen LogP contribution in [0.4, 0.5) is 11.6 Å². The largest absolute Gasteiger partial charge is 0.378 e. The molecule has 2 aromatic rings. The van der Waals surface area contributed by atoms with Crippen molar-refractivity contribution in [3.8, 4) is 0 Å². The van der Waals surface area contributed by atoms with Crippen molar-refractivity contribution in [3.05, 3.63) is 35.1 Å². The van der Waals surface area contributed by atoms with Gasteiger partial charge in [-0.1, -0.05) is 11.6 Å². The van der Waals surface area contributed by atoms with E-state index in [2.05, 4.69) is 30.7 Å². The lowest BCUT2D eigenvalue weighted by molar-refractivity contribution is 0.122. The molecule has 0 amide bonds. The minimum absolute atomic E-state index is 0.0425. The zero-order chi connectivity index (χ0) is 16.8. The summed E-state index contributed by atoms with van der Waals surface area (Å²) in [6, 6.07) is 7.72. The number of ether oxygens (including phenoxy) is 1. The summed E-state index contributed by atoms with van der Waals surface area (Å²) in [6.45, 7) is 3.96. The molecule has 1 saturated heterocycles. The standard InChI is InChI=1S/C16H23ClN6O/c1-18-7-6-14(19-13-4-2-12(17)3-5-13)15-20-16(22-21-15)23-8-10-24-11-9-23/h2-5,14,18-19H,6-11H2,1H3,(H,20,21,22). The molecule has 1 aromatic carbocycles. The Bertz CT molecular complexity index is 626. The van der Waals surface area contributed by atoms with E-state index in [-0.39, 0.29) is 6.04 Å². The zero-order valence-corrected chi connectivity index (χ0v) is 14.5. The van der Waals surface area contributed by atoms with Crippen molar-refractivity contribution in [1.29, 1.82) is 0 Å². The predicted octanol–water partition coefficient (Wildman–Crippen LogP) is 2.06. The second-order valence-corrected chi connectivity index (χ2v) is 6.15. The van der Waals surface area contributed by atoms with Gasteiger partial charge in [-0.15, -0.1) is 5.10 Å². The fourth-order valence-corrected chi connectivity index (χ4v) is 2.76. The van der Waals surface area contributed by atoms with Crippen molar-refractivity contribution in [2.45, 2.75) is 12.5 Å². The lowest BCUT2D eigenvalue weighted by atomic mass is 10.1. The number of rotatable bonds is 7. The molecule has 3 N–H and O–H groups in total. The topological polar surface area (TPSA) is 78.1 Å². The molecule has 0 radical (unpaired) electrons. The molecule has 0 aliphatic carbocycles. The molecule has 7 nitrogen and oxygen atoms in total. The molecular weight excluding hydrogens is 328 g/mol. The molecule has 0 spiro atoms. The van der Waals surface area contributed by atoms with Gasteiger partial charge >= 0.3 is 0 Å². The van der Waals surface area contributed by atoms with E-state index in [4.69, 9.17) is 16.3 Å². The molecule has 24 heavy (non-hydrogen) atoms. The highest BCUT2D eigenvalue weighted by molar-refractivity contribution is 6.30. The van der Waals surface area contributed by atoms with Gasteiger partial charge in [0.05, 0.1) is 19.3 Å². The summed E-state index contributed by atoms with van der Waals surface area (Å²) in [5.41, 5.74) is 1.00. The smallest absolute Gasteiger partial charge is 0.244 e. The minimum Gasteiger partial charge on any atom is -0.378 e. The first kappa shape index (κ1) is 17.0. The van der Waals surface area contributed by atoms with Gasteiger partial charge in [-0.25, -0.2) is 0 Å². The second kappa shape index (κ2) is 8.32. The maximum Gasteiger partial charge on any atom is 0.244 e. The van der Waals surface area contributed by atoms with Gasteiger partial charge in [0, 0.05) is 23.8 Å². The van der Waals surface area contributed by atoms with Gasteiger partial charge in [0.15, 0.2) is 0 Å². The molecule has 1 fully saturated rings. The van der Waals surface area contributed by atoms with Crippen molar-refractivity contribution < 1.29 is 4.74 Å². The first-order valence-electron chi connectivity index (χ1n) is 8.18. The minimum atomic E-state index is 0.0425. The molecule has 1 unspecified atom stereocenters. The number of halogens is 1. The van der Waals surface area contributed by atoms with Crippen molar-refractivity contribution in [1.82, 2.24) is 20.5 Å². The highest BCUT2D eigenvalue weighted by Crippen LogP contribution is 2.23. The lowest BCUT2D eigenvalue weighted by Gasteiger charge is -2.25. The number of nitrogens with zero attached hydrogens (tertiary/aromatic N) is 3. The van der Waals surface area contributed by atoms with Crippen molar-refractivity contribution in [2.24, 2.45) is 0 Å². The van der Waals surface area contributed by atoms with Crippen LogP contribution in [0.15, 0.2) is 24.3 Å². The van der Waals surface area contributed by atoms with E-state index in [1.807, 2.05) is 31.3 Å². The van der Waals surface area contributed by atoms with Crippen LogP contribution in [0.25, 0.3) is 0 Å². The Labute approximate surface area is 146 Å². The normalized spacial score (nSPS) is 16.2. The SMILES string of the molecule is CNCCC(Nc1ccc(Cl)cc1)c1nc(N2CCOCC2)n[nH]1. The van der Waals surface area contributed by atoms with Crippen LogP contribution >= 0.6 is 11.6 Å². The predicted molar refractivity (Wildman–Crippen MR) is 95.8 cm³/mol. The van der Waals surface area contributed by atoms with E-state index < -0.39 is 0 Å².